The van der Waals surface area contributed by atoms with E-state index in [0.29, 0.717) is 44.2 Å². The lowest BCUT2D eigenvalue weighted by atomic mass is 9.81. The number of pyridine rings is 1. The molecule has 0 aliphatic heterocycles. The Hall–Kier alpha value is -3.30. The van der Waals surface area contributed by atoms with Gasteiger partial charge in [0.1, 0.15) is 12.6 Å². The Morgan fingerprint density at radius 3 is 2.19 bits per heavy atom. The van der Waals surface area contributed by atoms with Crippen molar-refractivity contribution in [3.63, 3.8) is 0 Å². The first-order valence-corrected chi connectivity index (χ1v) is 18.2. The summed E-state index contributed by atoms with van der Waals surface area (Å²) in [5.74, 6) is 0.415. The van der Waals surface area contributed by atoms with Gasteiger partial charge in [-0.25, -0.2) is 0 Å². The number of aromatic nitrogens is 1. The summed E-state index contributed by atoms with van der Waals surface area (Å²) in [6.07, 6.45) is 9.25. The molecule has 1 heterocycles. The number of rotatable bonds is 19. The third kappa shape index (κ3) is 12.3. The van der Waals surface area contributed by atoms with Gasteiger partial charge >= 0.3 is 0 Å². The molecule has 264 valence electrons. The number of carbonyl (C=O) groups is 3. The molecule has 2 saturated carbocycles. The molecule has 1 aromatic carbocycles. The second-order valence-electron chi connectivity index (χ2n) is 14.6. The number of aliphatic hydroxyl groups excluding tert-OH is 2. The van der Waals surface area contributed by atoms with Crippen LogP contribution in [-0.2, 0) is 27.3 Å². The summed E-state index contributed by atoms with van der Waals surface area (Å²) < 4.78 is 0. The SMILES string of the molecule is CC(C)C[C@H](O)[C@H](O)[C@H](CC1CCCCC1)N(CC1CC1)C(=O)CCC(=O)N(CC(=O)N(C)CCc1ccccn1)Cc1ccccc1. The number of benzene rings is 1. The molecule has 3 amide bonds. The average Bonchev–Trinajstić information content (AvgIpc) is 3.92. The molecule has 1 aromatic heterocycles. The van der Waals surface area contributed by atoms with E-state index in [0.717, 1.165) is 49.8 Å². The van der Waals surface area contributed by atoms with Gasteiger partial charge in [0.25, 0.3) is 0 Å². The van der Waals surface area contributed by atoms with E-state index < -0.39 is 18.2 Å². The second kappa shape index (κ2) is 19.0. The zero-order chi connectivity index (χ0) is 34.5. The van der Waals surface area contributed by atoms with E-state index in [1.54, 1.807) is 23.0 Å². The van der Waals surface area contributed by atoms with Crippen molar-refractivity contribution in [3.05, 3.63) is 66.0 Å². The van der Waals surface area contributed by atoms with Crippen molar-refractivity contribution in [3.8, 4) is 0 Å². The van der Waals surface area contributed by atoms with Crippen molar-refractivity contribution >= 4 is 17.7 Å². The highest BCUT2D eigenvalue weighted by Crippen LogP contribution is 2.35. The van der Waals surface area contributed by atoms with Gasteiger partial charge in [0.05, 0.1) is 12.1 Å². The van der Waals surface area contributed by atoms with Crippen LogP contribution in [0.3, 0.4) is 0 Å². The van der Waals surface area contributed by atoms with Crippen LogP contribution in [0.2, 0.25) is 0 Å². The Morgan fingerprint density at radius 1 is 0.854 bits per heavy atom. The Bertz CT molecular complexity index is 1270. The molecule has 3 atom stereocenters. The van der Waals surface area contributed by atoms with Crippen molar-refractivity contribution in [1.82, 2.24) is 19.7 Å². The number of nitrogens with zero attached hydrogens (tertiary/aromatic N) is 4. The van der Waals surface area contributed by atoms with Gasteiger partial charge in [-0.1, -0.05) is 82.3 Å². The number of likely N-dealkylation sites (N-methyl/N-ethyl adjacent to an activating group) is 1. The van der Waals surface area contributed by atoms with E-state index in [2.05, 4.69) is 4.98 Å². The van der Waals surface area contributed by atoms with Gasteiger partial charge in [-0.2, -0.15) is 0 Å². The minimum atomic E-state index is -1.04. The van der Waals surface area contributed by atoms with E-state index >= 15 is 0 Å². The molecule has 48 heavy (non-hydrogen) atoms. The molecular weight excluding hydrogens is 604 g/mol. The Kier molecular flexibility index (Phi) is 14.9. The first-order valence-electron chi connectivity index (χ1n) is 18.2. The highest BCUT2D eigenvalue weighted by atomic mass is 16.3. The summed E-state index contributed by atoms with van der Waals surface area (Å²) in [5, 5.41) is 22.6. The van der Waals surface area contributed by atoms with E-state index in [1.807, 2.05) is 67.3 Å². The fourth-order valence-corrected chi connectivity index (χ4v) is 6.88. The van der Waals surface area contributed by atoms with Gasteiger partial charge < -0.3 is 24.9 Å². The first kappa shape index (κ1) is 37.5. The maximum absolute atomic E-state index is 14.1. The maximum atomic E-state index is 14.1. The number of amides is 3. The number of aliphatic hydroxyl groups is 2. The maximum Gasteiger partial charge on any atom is 0.241 e. The van der Waals surface area contributed by atoms with Crippen LogP contribution in [0.25, 0.3) is 0 Å². The highest BCUT2D eigenvalue weighted by Gasteiger charge is 2.39. The molecule has 9 heteroatoms. The fourth-order valence-electron chi connectivity index (χ4n) is 6.88. The predicted molar refractivity (Wildman–Crippen MR) is 188 cm³/mol. The molecule has 9 nitrogen and oxygen atoms in total. The molecule has 0 saturated heterocycles. The summed E-state index contributed by atoms with van der Waals surface area (Å²) >= 11 is 0. The standard InChI is InChI=1S/C39H58N4O5/c1-29(2)24-35(44)39(48)34(25-30-12-6-4-7-13-30)43(27-32-17-18-32)37(46)20-19-36(45)42(26-31-14-8-5-9-15-31)28-38(47)41(3)23-21-33-16-10-11-22-40-33/h5,8-11,14-16,22,29-30,32,34-35,39,44,48H,4,6-7,12-13,17-21,23-28H2,1-3H3/t34-,35-,39+/m0/s1. The summed E-state index contributed by atoms with van der Waals surface area (Å²) in [6.45, 7) is 5.25. The largest absolute Gasteiger partial charge is 0.390 e. The van der Waals surface area contributed by atoms with E-state index in [9.17, 15) is 24.6 Å². The van der Waals surface area contributed by atoms with Gasteiger partial charge in [-0.05, 0) is 61.1 Å². The Labute approximate surface area is 287 Å². The predicted octanol–water partition coefficient (Wildman–Crippen LogP) is 5.24. The molecule has 0 unspecified atom stereocenters. The zero-order valence-corrected chi connectivity index (χ0v) is 29.4. The van der Waals surface area contributed by atoms with Crippen LogP contribution in [0.1, 0.15) is 95.7 Å². The molecule has 4 rings (SSSR count). The van der Waals surface area contributed by atoms with E-state index in [-0.39, 0.29) is 49.6 Å². The normalized spacial score (nSPS) is 17.0. The van der Waals surface area contributed by atoms with Gasteiger partial charge in [0.2, 0.25) is 17.7 Å². The van der Waals surface area contributed by atoms with Crippen LogP contribution in [-0.4, -0.2) is 92.6 Å². The first-order chi connectivity index (χ1) is 23.1. The minimum absolute atomic E-state index is 0.00525. The average molecular weight is 663 g/mol. The number of hydrogen-bond donors (Lipinski definition) is 2. The molecule has 2 N–H and O–H groups in total. The van der Waals surface area contributed by atoms with Crippen LogP contribution >= 0.6 is 0 Å². The lowest BCUT2D eigenvalue weighted by Gasteiger charge is -2.40. The zero-order valence-electron chi connectivity index (χ0n) is 29.4. The Balaban J connectivity index is 1.45. The topological polar surface area (TPSA) is 114 Å². The van der Waals surface area contributed by atoms with Crippen LogP contribution in [0, 0.1) is 17.8 Å². The quantitative estimate of drug-likeness (QED) is 0.213. The molecule has 0 radical (unpaired) electrons. The molecule has 0 spiro atoms. The van der Waals surface area contributed by atoms with Gasteiger partial charge in [-0.3, -0.25) is 19.4 Å². The van der Waals surface area contributed by atoms with E-state index in [1.165, 1.54) is 6.42 Å². The highest BCUT2D eigenvalue weighted by molar-refractivity contribution is 5.87. The summed E-state index contributed by atoms with van der Waals surface area (Å²) in [7, 11) is 1.74. The van der Waals surface area contributed by atoms with Gasteiger partial charge in [0, 0.05) is 57.8 Å². The Morgan fingerprint density at radius 2 is 1.54 bits per heavy atom. The summed E-state index contributed by atoms with van der Waals surface area (Å²) in [5.41, 5.74) is 1.80. The van der Waals surface area contributed by atoms with Crippen molar-refractivity contribution in [1.29, 1.82) is 0 Å². The van der Waals surface area contributed by atoms with Crippen molar-refractivity contribution < 1.29 is 24.6 Å². The van der Waals surface area contributed by atoms with Crippen LogP contribution in [0.15, 0.2) is 54.7 Å². The van der Waals surface area contributed by atoms with Crippen LogP contribution < -0.4 is 0 Å². The minimum Gasteiger partial charge on any atom is -0.390 e. The van der Waals surface area contributed by atoms with Crippen LogP contribution in [0.4, 0.5) is 0 Å². The number of carbonyl (C=O) groups excluding carboxylic acids is 3. The molecule has 2 aromatic rings. The third-order valence-corrected chi connectivity index (χ3v) is 9.98. The van der Waals surface area contributed by atoms with Crippen molar-refractivity contribution in [2.24, 2.45) is 17.8 Å². The van der Waals surface area contributed by atoms with Gasteiger partial charge in [0.15, 0.2) is 0 Å². The fraction of sp³-hybridized carbons (Fsp3) is 0.641. The van der Waals surface area contributed by atoms with Crippen molar-refractivity contribution in [2.75, 3.05) is 26.7 Å². The van der Waals surface area contributed by atoms with E-state index in [4.69, 9.17) is 0 Å². The third-order valence-electron chi connectivity index (χ3n) is 9.98. The molecular formula is C39H58N4O5. The summed E-state index contributed by atoms with van der Waals surface area (Å²) in [6, 6.07) is 14.8. The lowest BCUT2D eigenvalue weighted by Crippen LogP contribution is -2.53. The number of hydrogen-bond acceptors (Lipinski definition) is 6. The molecule has 2 aliphatic rings. The van der Waals surface area contributed by atoms with Crippen LogP contribution in [0.5, 0.6) is 0 Å². The molecule has 2 fully saturated rings. The smallest absolute Gasteiger partial charge is 0.241 e. The molecule has 2 aliphatic carbocycles. The lowest BCUT2D eigenvalue weighted by molar-refractivity contribution is -0.144. The van der Waals surface area contributed by atoms with Crippen molar-refractivity contribution in [2.45, 2.75) is 116 Å². The summed E-state index contributed by atoms with van der Waals surface area (Å²) in [4.78, 5) is 50.5. The van der Waals surface area contributed by atoms with Gasteiger partial charge in [-0.15, -0.1) is 0 Å². The monoisotopic (exact) mass is 662 g/mol. The second-order valence-corrected chi connectivity index (χ2v) is 14.6. The molecule has 0 bridgehead atoms.